The SMILES string of the molecule is CC1NC(c2ccc(NC(=O)[C@H](Cc3ccccc3)NC(=O)/C=C/c3cc(Cl)ccc3-n3cnnn3)cc2)=NO1. The molecule has 2 amide bonds. The zero-order chi connectivity index (χ0) is 27.9. The number of aromatic nitrogens is 4. The largest absolute Gasteiger partial charge is 0.369 e. The number of oxime groups is 1. The van der Waals surface area contributed by atoms with Gasteiger partial charge in [0.2, 0.25) is 11.8 Å². The van der Waals surface area contributed by atoms with Crippen LogP contribution < -0.4 is 16.0 Å². The Morgan fingerprint density at radius 3 is 2.62 bits per heavy atom. The van der Waals surface area contributed by atoms with Gasteiger partial charge in [0.05, 0.1) is 5.69 Å². The molecule has 40 heavy (non-hydrogen) atoms. The molecule has 2 atom stereocenters. The van der Waals surface area contributed by atoms with Crippen LogP contribution in [0.3, 0.4) is 0 Å². The normalized spacial score (nSPS) is 15.2. The highest BCUT2D eigenvalue weighted by molar-refractivity contribution is 6.30. The second-order valence-corrected chi connectivity index (χ2v) is 9.38. The molecule has 11 nitrogen and oxygen atoms in total. The van der Waals surface area contributed by atoms with Crippen molar-refractivity contribution in [3.05, 3.63) is 107 Å². The Bertz CT molecular complexity index is 1540. The van der Waals surface area contributed by atoms with E-state index in [0.717, 1.165) is 11.1 Å². The van der Waals surface area contributed by atoms with Crippen LogP contribution in [0.25, 0.3) is 11.8 Å². The number of carbonyl (C=O) groups excluding carboxylic acids is 2. The first-order valence-electron chi connectivity index (χ1n) is 12.4. The lowest BCUT2D eigenvalue weighted by molar-refractivity contribution is -0.123. The molecule has 202 valence electrons. The summed E-state index contributed by atoms with van der Waals surface area (Å²) in [6.45, 7) is 1.85. The smallest absolute Gasteiger partial charge is 0.247 e. The van der Waals surface area contributed by atoms with E-state index in [1.807, 2.05) is 49.4 Å². The van der Waals surface area contributed by atoms with E-state index in [1.54, 1.807) is 36.4 Å². The number of amides is 2. The Morgan fingerprint density at radius 1 is 1.12 bits per heavy atom. The summed E-state index contributed by atoms with van der Waals surface area (Å²) < 4.78 is 1.47. The summed E-state index contributed by atoms with van der Waals surface area (Å²) in [5, 5.41) is 24.5. The Morgan fingerprint density at radius 2 is 1.93 bits per heavy atom. The van der Waals surface area contributed by atoms with Gasteiger partial charge < -0.3 is 20.8 Å². The molecule has 4 aromatic rings. The first-order chi connectivity index (χ1) is 19.4. The maximum atomic E-state index is 13.3. The lowest BCUT2D eigenvalue weighted by Crippen LogP contribution is -2.44. The van der Waals surface area contributed by atoms with Crippen molar-refractivity contribution in [1.82, 2.24) is 30.8 Å². The molecule has 0 radical (unpaired) electrons. The molecule has 2 heterocycles. The molecule has 0 aliphatic carbocycles. The number of rotatable bonds is 9. The molecule has 0 bridgehead atoms. The van der Waals surface area contributed by atoms with E-state index in [9.17, 15) is 9.59 Å². The van der Waals surface area contributed by atoms with E-state index < -0.39 is 11.9 Å². The fourth-order valence-corrected chi connectivity index (χ4v) is 4.22. The number of tetrazole rings is 1. The number of amidine groups is 1. The fourth-order valence-electron chi connectivity index (χ4n) is 4.04. The number of benzene rings is 3. The molecular formula is C28H25ClN8O3. The quantitative estimate of drug-likeness (QED) is 0.269. The van der Waals surface area contributed by atoms with Crippen LogP contribution in [0.1, 0.15) is 23.6 Å². The predicted molar refractivity (Wildman–Crippen MR) is 151 cm³/mol. The van der Waals surface area contributed by atoms with Crippen LogP contribution in [0.15, 0.2) is 90.4 Å². The van der Waals surface area contributed by atoms with Crippen LogP contribution in [0.2, 0.25) is 5.02 Å². The number of anilines is 1. The number of nitrogens with one attached hydrogen (secondary N) is 3. The van der Waals surface area contributed by atoms with Gasteiger partial charge in [-0.15, -0.1) is 5.10 Å². The predicted octanol–water partition coefficient (Wildman–Crippen LogP) is 3.32. The van der Waals surface area contributed by atoms with Crippen LogP contribution in [0.4, 0.5) is 5.69 Å². The topological polar surface area (TPSA) is 135 Å². The van der Waals surface area contributed by atoms with Crippen molar-refractivity contribution in [2.24, 2.45) is 5.16 Å². The summed E-state index contributed by atoms with van der Waals surface area (Å²) >= 11 is 6.18. The van der Waals surface area contributed by atoms with E-state index in [-0.39, 0.29) is 12.1 Å². The lowest BCUT2D eigenvalue weighted by Gasteiger charge is -2.18. The van der Waals surface area contributed by atoms with E-state index in [0.29, 0.717) is 34.2 Å². The minimum absolute atomic E-state index is 0.198. The second-order valence-electron chi connectivity index (χ2n) is 8.94. The molecule has 1 unspecified atom stereocenters. The van der Waals surface area contributed by atoms with Gasteiger partial charge >= 0.3 is 0 Å². The molecule has 1 aromatic heterocycles. The summed E-state index contributed by atoms with van der Waals surface area (Å²) in [5.41, 5.74) is 3.57. The van der Waals surface area contributed by atoms with Gasteiger partial charge in [0.1, 0.15) is 12.4 Å². The molecule has 1 aliphatic heterocycles. The monoisotopic (exact) mass is 556 g/mol. The third-order valence-electron chi connectivity index (χ3n) is 5.98. The number of halogens is 1. The molecular weight excluding hydrogens is 532 g/mol. The number of carbonyl (C=O) groups is 2. The third-order valence-corrected chi connectivity index (χ3v) is 6.22. The maximum Gasteiger partial charge on any atom is 0.247 e. The highest BCUT2D eigenvalue weighted by atomic mass is 35.5. The maximum absolute atomic E-state index is 13.3. The molecule has 12 heteroatoms. The average Bonchev–Trinajstić information content (AvgIpc) is 3.65. The Hall–Kier alpha value is -5.03. The van der Waals surface area contributed by atoms with Gasteiger partial charge in [-0.2, -0.15) is 4.68 Å². The van der Waals surface area contributed by atoms with Crippen molar-refractivity contribution in [2.45, 2.75) is 25.6 Å². The van der Waals surface area contributed by atoms with Crippen molar-refractivity contribution in [3.8, 4) is 5.69 Å². The molecule has 0 saturated carbocycles. The first-order valence-corrected chi connectivity index (χ1v) is 12.8. The highest BCUT2D eigenvalue weighted by Gasteiger charge is 2.21. The summed E-state index contributed by atoms with van der Waals surface area (Å²) in [5.74, 6) is -0.188. The number of nitrogens with zero attached hydrogens (tertiary/aromatic N) is 5. The highest BCUT2D eigenvalue weighted by Crippen LogP contribution is 2.20. The summed E-state index contributed by atoms with van der Waals surface area (Å²) in [4.78, 5) is 31.5. The third kappa shape index (κ3) is 6.69. The van der Waals surface area contributed by atoms with Crippen molar-refractivity contribution in [2.75, 3.05) is 5.32 Å². The molecule has 0 saturated heterocycles. The Balaban J connectivity index is 1.30. The van der Waals surface area contributed by atoms with E-state index >= 15 is 0 Å². The van der Waals surface area contributed by atoms with Gasteiger partial charge in [-0.25, -0.2) is 0 Å². The van der Waals surface area contributed by atoms with Crippen molar-refractivity contribution >= 4 is 41.0 Å². The zero-order valence-corrected chi connectivity index (χ0v) is 22.1. The van der Waals surface area contributed by atoms with E-state index in [4.69, 9.17) is 16.4 Å². The van der Waals surface area contributed by atoms with Crippen molar-refractivity contribution < 1.29 is 14.4 Å². The van der Waals surface area contributed by atoms with Crippen molar-refractivity contribution in [3.63, 3.8) is 0 Å². The van der Waals surface area contributed by atoms with Gasteiger partial charge in [-0.05, 0) is 71.5 Å². The first kappa shape index (κ1) is 26.6. The van der Waals surface area contributed by atoms with Crippen LogP contribution in [0.5, 0.6) is 0 Å². The molecule has 3 N–H and O–H groups in total. The van der Waals surface area contributed by atoms with E-state index in [1.165, 1.54) is 17.1 Å². The van der Waals surface area contributed by atoms with Crippen LogP contribution in [-0.4, -0.2) is 50.1 Å². The summed E-state index contributed by atoms with van der Waals surface area (Å²) in [6, 6.07) is 20.9. The lowest BCUT2D eigenvalue weighted by atomic mass is 10.0. The van der Waals surface area contributed by atoms with Gasteiger partial charge in [0.25, 0.3) is 0 Å². The number of hydrogen-bond donors (Lipinski definition) is 3. The molecule has 1 aliphatic rings. The number of hydrogen-bond acceptors (Lipinski definition) is 8. The van der Waals surface area contributed by atoms with E-state index in [2.05, 4.69) is 36.6 Å². The molecule has 5 rings (SSSR count). The molecule has 0 fully saturated rings. The molecule has 0 spiro atoms. The zero-order valence-electron chi connectivity index (χ0n) is 21.4. The standard InChI is InChI=1S/C28H25ClN8O3/c1-18-31-27(34-40-18)20-7-11-23(12-8-20)32-28(39)24(15-19-5-3-2-4-6-19)33-26(38)14-9-21-16-22(29)10-13-25(21)37-17-30-35-36-37/h2-14,16-18,24H,15H2,1H3,(H,31,34)(H,32,39)(H,33,38)/b14-9+/t18?,24-/m0/s1. The van der Waals surface area contributed by atoms with Crippen LogP contribution in [-0.2, 0) is 20.8 Å². The minimum Gasteiger partial charge on any atom is -0.369 e. The average molecular weight is 557 g/mol. The minimum atomic E-state index is -0.840. The van der Waals surface area contributed by atoms with Crippen LogP contribution >= 0.6 is 11.6 Å². The Labute approximate surface area is 234 Å². The van der Waals surface area contributed by atoms with Gasteiger partial charge in [0.15, 0.2) is 12.1 Å². The fraction of sp³-hybridized carbons (Fsp3) is 0.143. The van der Waals surface area contributed by atoms with Gasteiger partial charge in [-0.1, -0.05) is 47.1 Å². The second kappa shape index (κ2) is 12.2. The van der Waals surface area contributed by atoms with Gasteiger partial charge in [-0.3, -0.25) is 9.59 Å². The Kier molecular flexibility index (Phi) is 8.12. The summed E-state index contributed by atoms with van der Waals surface area (Å²) in [6.07, 6.45) is 4.49. The summed E-state index contributed by atoms with van der Waals surface area (Å²) in [7, 11) is 0. The van der Waals surface area contributed by atoms with Crippen LogP contribution in [0, 0.1) is 0 Å². The van der Waals surface area contributed by atoms with Gasteiger partial charge in [0, 0.05) is 34.3 Å². The van der Waals surface area contributed by atoms with Crippen molar-refractivity contribution in [1.29, 1.82) is 0 Å². The molecule has 3 aromatic carbocycles.